The molecule has 0 aliphatic rings. The Kier molecular flexibility index (Phi) is 202. The number of hydrogen-bond donors (Lipinski definition) is 0. The first kappa shape index (κ1) is 8.82. The maximum absolute atomic E-state index is 6.92. The van der Waals surface area contributed by atoms with Crippen molar-refractivity contribution < 1.29 is 0 Å². The summed E-state index contributed by atoms with van der Waals surface area (Å²) in [5.74, 6) is 0. The summed E-state index contributed by atoms with van der Waals surface area (Å²) in [7, 11) is 0. The van der Waals surface area contributed by atoms with Gasteiger partial charge in [-0.2, -0.15) is 0 Å². The van der Waals surface area contributed by atoms with Gasteiger partial charge in [0.1, 0.15) is 0 Å². The van der Waals surface area contributed by atoms with Crippen molar-refractivity contribution in [3.05, 3.63) is 0 Å². The maximum atomic E-state index is 6.92. The van der Waals surface area contributed by atoms with Gasteiger partial charge in [0.2, 0.25) is 0 Å². The first-order valence-corrected chi connectivity index (χ1v) is 1.55. The molecule has 0 aliphatic heterocycles. The fourth-order valence-electron chi connectivity index (χ4n) is 0. The van der Waals surface area contributed by atoms with Gasteiger partial charge in [0, 0.05) is 0 Å². The molecule has 4 heavy (non-hydrogen) atoms. The van der Waals surface area contributed by atoms with E-state index in [2.05, 4.69) is 0 Å². The van der Waals surface area contributed by atoms with Crippen LogP contribution in [0.5, 0.6) is 0 Å². The van der Waals surface area contributed by atoms with Crippen molar-refractivity contribution in [2.75, 3.05) is 0 Å². The molecule has 0 aromatic heterocycles. The molecule has 0 radical (unpaired) electrons. The van der Waals surface area contributed by atoms with E-state index in [1.807, 2.05) is 0 Å². The fraction of sp³-hybridized carbons (Fsp3) is 0. The molecular weight excluding hydrogens is 82.0 g/mol. The zero-order valence-corrected chi connectivity index (χ0v) is 4.36. The number of hydrogen-bond acceptors (Lipinski definition) is 2. The molecule has 16 valence electrons. The van der Waals surface area contributed by atoms with Crippen LogP contribution in [0, 0.1) is 8.33 Å². The summed E-state index contributed by atoms with van der Waals surface area (Å²) in [6.45, 7) is 0. The van der Waals surface area contributed by atoms with Gasteiger partial charge in [-0.25, -0.2) is 0 Å². The third-order valence-corrected chi connectivity index (χ3v) is 0. The van der Waals surface area contributed by atoms with Gasteiger partial charge in [-0.1, -0.05) is 0 Å². The summed E-state index contributed by atoms with van der Waals surface area (Å²) in [6.07, 6.45) is 0. The van der Waals surface area contributed by atoms with Gasteiger partial charge in [0.05, 0.1) is 0 Å². The molecule has 0 aliphatic carbocycles. The van der Waals surface area contributed by atoms with Crippen LogP contribution in [-0.2, 0) is 0 Å². The van der Waals surface area contributed by atoms with E-state index in [1.165, 1.54) is 31.8 Å². The topological polar surface area (TPSA) is 47.6 Å². The average molecular weight is 82.0 g/mol. The van der Waals surface area contributed by atoms with Crippen LogP contribution in [0.4, 0.5) is 0 Å². The summed E-state index contributed by atoms with van der Waals surface area (Å²) in [4.78, 5) is 0. The van der Waals surface area contributed by atoms with E-state index in [1.54, 1.807) is 0 Å². The fourth-order valence-corrected chi connectivity index (χ4v) is 0. The van der Waals surface area contributed by atoms with Crippen LogP contribution < -0.4 is 0 Å². The molecule has 0 aromatic rings. The summed E-state index contributed by atoms with van der Waals surface area (Å²) in [5, 5.41) is 0. The molecule has 0 heterocycles. The predicted molar refractivity (Wildman–Crippen MR) is 15.0 cm³/mol. The Hall–Kier alpha value is 0.485. The van der Waals surface area contributed by atoms with Crippen molar-refractivity contribution in [2.24, 2.45) is 0 Å². The Balaban J connectivity index is 0. The molecule has 0 saturated heterocycles. The Morgan fingerprint density at radius 1 is 0.750 bits per heavy atom. The molecule has 0 spiro atoms. The predicted octanol–water partition coefficient (Wildman–Crippen LogP) is -0.731. The van der Waals surface area contributed by atoms with Gasteiger partial charge in [-0.05, 0) is 0 Å². The molecule has 0 N–H and O–H groups in total. The minimum atomic E-state index is 1.42. The van der Waals surface area contributed by atoms with Gasteiger partial charge < -0.3 is 0 Å². The van der Waals surface area contributed by atoms with Crippen molar-refractivity contribution >= 4 is 31.8 Å². The zero-order chi connectivity index (χ0) is 4.00. The Morgan fingerprint density at radius 3 is 0.750 bits per heavy atom. The van der Waals surface area contributed by atoms with Crippen LogP contribution in [0.2, 0.25) is 0 Å². The first-order valence-electron chi connectivity index (χ1n) is 0.516. The SMILES string of the molecule is [N]#[Al].[N]#[Al]. The quantitative estimate of drug-likeness (QED) is 0.361. The molecular formula is Al2N2. The van der Waals surface area contributed by atoms with Crippen molar-refractivity contribution in [1.82, 2.24) is 0 Å². The van der Waals surface area contributed by atoms with Gasteiger partial charge in [0.15, 0.2) is 0 Å². The molecule has 0 fully saturated rings. The normalized spacial score (nSPS) is 2.50. The zero-order valence-electron chi connectivity index (χ0n) is 2.05. The summed E-state index contributed by atoms with van der Waals surface area (Å²) in [6, 6.07) is 0. The van der Waals surface area contributed by atoms with Gasteiger partial charge in [0.25, 0.3) is 0 Å². The Morgan fingerprint density at radius 2 is 0.750 bits per heavy atom. The third-order valence-electron chi connectivity index (χ3n) is 0. The van der Waals surface area contributed by atoms with E-state index < -0.39 is 0 Å². The van der Waals surface area contributed by atoms with E-state index in [0.29, 0.717) is 0 Å². The summed E-state index contributed by atoms with van der Waals surface area (Å²) >= 11 is 2.83. The van der Waals surface area contributed by atoms with Gasteiger partial charge >= 0.3 is 40.2 Å². The second-order valence-electron chi connectivity index (χ2n) is 0. The van der Waals surface area contributed by atoms with E-state index >= 15 is 0 Å². The molecule has 2 nitrogen and oxygen atoms in total. The average Bonchev–Trinajstić information content (AvgIpc) is 1.50. The second kappa shape index (κ2) is 91.5. The summed E-state index contributed by atoms with van der Waals surface area (Å²) in [5.41, 5.74) is 0. The Labute approximate surface area is 40.5 Å². The molecule has 0 bridgehead atoms. The van der Waals surface area contributed by atoms with Crippen LogP contribution >= 0.6 is 0 Å². The first-order chi connectivity index (χ1) is 2.00. The van der Waals surface area contributed by atoms with Crippen LogP contribution in [0.1, 0.15) is 0 Å². The standard InChI is InChI=1S/2Al.2N. The van der Waals surface area contributed by atoms with E-state index in [-0.39, 0.29) is 0 Å². The molecule has 0 unspecified atom stereocenters. The third kappa shape index (κ3) is 23.3. The van der Waals surface area contributed by atoms with Crippen LogP contribution in [0.25, 0.3) is 0 Å². The molecule has 4 heteroatoms. The van der Waals surface area contributed by atoms with Crippen molar-refractivity contribution in [3.8, 4) is 0 Å². The second-order valence-corrected chi connectivity index (χ2v) is 0. The van der Waals surface area contributed by atoms with E-state index in [9.17, 15) is 0 Å². The van der Waals surface area contributed by atoms with Crippen molar-refractivity contribution in [1.29, 1.82) is 8.33 Å². The molecule has 0 atom stereocenters. The van der Waals surface area contributed by atoms with Gasteiger partial charge in [-0.15, -0.1) is 0 Å². The van der Waals surface area contributed by atoms with E-state index in [4.69, 9.17) is 8.33 Å². The van der Waals surface area contributed by atoms with Gasteiger partial charge in [-0.3, -0.25) is 0 Å². The molecule has 0 aromatic carbocycles. The van der Waals surface area contributed by atoms with Crippen LogP contribution in [0.3, 0.4) is 0 Å². The van der Waals surface area contributed by atoms with Crippen LogP contribution in [0.15, 0.2) is 0 Å². The van der Waals surface area contributed by atoms with Crippen molar-refractivity contribution in [3.63, 3.8) is 0 Å². The molecule has 0 saturated carbocycles. The van der Waals surface area contributed by atoms with Crippen LogP contribution in [-0.4, -0.2) is 31.8 Å². The van der Waals surface area contributed by atoms with E-state index in [0.717, 1.165) is 0 Å². The minimum absolute atomic E-state index is 1.42. The number of nitrogens with zero attached hydrogens (tertiary/aromatic N) is 2. The summed E-state index contributed by atoms with van der Waals surface area (Å²) < 4.78 is 13.8. The monoisotopic (exact) mass is 82.0 g/mol. The van der Waals surface area contributed by atoms with Crippen molar-refractivity contribution in [2.45, 2.75) is 0 Å². The Bertz CT molecular complexity index is 19.5. The molecule has 0 amide bonds. The molecule has 0 rings (SSSR count). The number of rotatable bonds is 0.